The van der Waals surface area contributed by atoms with Crippen LogP contribution in [0.2, 0.25) is 5.02 Å². The molecule has 2 N–H and O–H groups in total. The summed E-state index contributed by atoms with van der Waals surface area (Å²) in [5, 5.41) is 10.2. The predicted octanol–water partition coefficient (Wildman–Crippen LogP) is 3.14. The Bertz CT molecular complexity index is 557. The molecule has 2 aromatic rings. The monoisotopic (exact) mass is 223 g/mol. The molecule has 4 heteroatoms. The lowest BCUT2D eigenvalue weighted by molar-refractivity contribution is 0.0697. The number of hydrogen-bond donors (Lipinski definition) is 2. The maximum absolute atomic E-state index is 10.8. The maximum atomic E-state index is 10.8. The Morgan fingerprint density at radius 2 is 2.07 bits per heavy atom. The highest BCUT2D eigenvalue weighted by atomic mass is 35.5. The molecule has 0 saturated heterocycles. The molecule has 1 heterocycles. The van der Waals surface area contributed by atoms with Gasteiger partial charge in [0.1, 0.15) is 0 Å². The lowest BCUT2D eigenvalue weighted by atomic mass is 10.1. The number of aromatic nitrogens is 1. The standard InChI is InChI=1S/C11H10ClNO2/c1-5-6(2)13-10-8(5)3-7(11(14)15)4-9(10)12/h3-4,13H,1-2H3,(H,14,15). The van der Waals surface area contributed by atoms with E-state index in [1.165, 1.54) is 6.07 Å². The number of carboxylic acid groups (broad SMARTS) is 1. The van der Waals surface area contributed by atoms with E-state index in [2.05, 4.69) is 4.98 Å². The minimum Gasteiger partial charge on any atom is -0.478 e. The summed E-state index contributed by atoms with van der Waals surface area (Å²) in [7, 11) is 0. The molecular weight excluding hydrogens is 214 g/mol. The molecule has 2 rings (SSSR count). The number of benzene rings is 1. The molecule has 1 aromatic heterocycles. The number of aromatic carboxylic acids is 1. The number of carboxylic acids is 1. The van der Waals surface area contributed by atoms with Crippen LogP contribution in [0.3, 0.4) is 0 Å². The first kappa shape index (κ1) is 10.1. The van der Waals surface area contributed by atoms with Crippen molar-refractivity contribution in [3.63, 3.8) is 0 Å². The first-order chi connectivity index (χ1) is 7.00. The van der Waals surface area contributed by atoms with Crippen LogP contribution in [0.25, 0.3) is 10.9 Å². The summed E-state index contributed by atoms with van der Waals surface area (Å²) in [6.45, 7) is 3.88. The number of fused-ring (bicyclic) bond motifs is 1. The largest absolute Gasteiger partial charge is 0.478 e. The van der Waals surface area contributed by atoms with Crippen molar-refractivity contribution in [1.82, 2.24) is 4.98 Å². The number of H-pyrrole nitrogens is 1. The topological polar surface area (TPSA) is 53.1 Å². The number of nitrogens with one attached hydrogen (secondary N) is 1. The molecule has 3 nitrogen and oxygen atoms in total. The molecular formula is C11H10ClNO2. The van der Waals surface area contributed by atoms with Gasteiger partial charge in [-0.3, -0.25) is 0 Å². The molecule has 0 atom stereocenters. The van der Waals surface area contributed by atoms with Gasteiger partial charge in [0, 0.05) is 11.1 Å². The third-order valence-corrected chi connectivity index (χ3v) is 2.91. The fraction of sp³-hybridized carbons (Fsp3) is 0.182. The van der Waals surface area contributed by atoms with E-state index in [9.17, 15) is 4.79 Å². The van der Waals surface area contributed by atoms with Crippen molar-refractivity contribution in [2.75, 3.05) is 0 Å². The van der Waals surface area contributed by atoms with Gasteiger partial charge in [0.25, 0.3) is 0 Å². The zero-order chi connectivity index (χ0) is 11.2. The quantitative estimate of drug-likeness (QED) is 0.780. The molecule has 0 spiro atoms. The Morgan fingerprint density at radius 1 is 1.40 bits per heavy atom. The summed E-state index contributed by atoms with van der Waals surface area (Å²) in [6.07, 6.45) is 0. The van der Waals surface area contributed by atoms with Crippen LogP contribution in [0, 0.1) is 13.8 Å². The van der Waals surface area contributed by atoms with Gasteiger partial charge in [0.15, 0.2) is 0 Å². The highest BCUT2D eigenvalue weighted by Gasteiger charge is 2.12. The van der Waals surface area contributed by atoms with Crippen molar-refractivity contribution in [1.29, 1.82) is 0 Å². The van der Waals surface area contributed by atoms with Gasteiger partial charge in [-0.25, -0.2) is 4.79 Å². The zero-order valence-electron chi connectivity index (χ0n) is 8.39. The summed E-state index contributed by atoms with van der Waals surface area (Å²) in [5.41, 5.74) is 3.07. The first-order valence-electron chi connectivity index (χ1n) is 4.52. The Balaban J connectivity index is 2.85. The minimum absolute atomic E-state index is 0.217. The van der Waals surface area contributed by atoms with E-state index in [0.29, 0.717) is 5.02 Å². The van der Waals surface area contributed by atoms with Crippen molar-refractivity contribution < 1.29 is 9.90 Å². The van der Waals surface area contributed by atoms with Crippen molar-refractivity contribution >= 4 is 28.5 Å². The average Bonchev–Trinajstić information content (AvgIpc) is 2.45. The van der Waals surface area contributed by atoms with Gasteiger partial charge < -0.3 is 10.1 Å². The summed E-state index contributed by atoms with van der Waals surface area (Å²) in [4.78, 5) is 14.0. The molecule has 0 bridgehead atoms. The zero-order valence-corrected chi connectivity index (χ0v) is 9.14. The molecule has 0 aliphatic carbocycles. The van der Waals surface area contributed by atoms with Crippen molar-refractivity contribution in [2.45, 2.75) is 13.8 Å². The van der Waals surface area contributed by atoms with E-state index < -0.39 is 5.97 Å². The molecule has 0 fully saturated rings. The summed E-state index contributed by atoms with van der Waals surface area (Å²) in [5.74, 6) is -0.961. The van der Waals surface area contributed by atoms with Crippen molar-refractivity contribution in [3.05, 3.63) is 34.0 Å². The Labute approximate surface area is 91.7 Å². The Morgan fingerprint density at radius 3 is 2.67 bits per heavy atom. The van der Waals surface area contributed by atoms with Gasteiger partial charge >= 0.3 is 5.97 Å². The van der Waals surface area contributed by atoms with Crippen LogP contribution in [0.5, 0.6) is 0 Å². The van der Waals surface area contributed by atoms with E-state index in [1.807, 2.05) is 13.8 Å². The summed E-state index contributed by atoms with van der Waals surface area (Å²) < 4.78 is 0. The number of rotatable bonds is 1. The molecule has 0 saturated carbocycles. The minimum atomic E-state index is -0.961. The normalized spacial score (nSPS) is 10.9. The second kappa shape index (κ2) is 3.28. The van der Waals surface area contributed by atoms with Gasteiger partial charge in [-0.15, -0.1) is 0 Å². The SMILES string of the molecule is Cc1[nH]c2c(Cl)cc(C(=O)O)cc2c1C. The van der Waals surface area contributed by atoms with Crippen molar-refractivity contribution in [2.24, 2.45) is 0 Å². The van der Waals surface area contributed by atoms with Crippen LogP contribution in [-0.4, -0.2) is 16.1 Å². The smallest absolute Gasteiger partial charge is 0.335 e. The van der Waals surface area contributed by atoms with E-state index in [4.69, 9.17) is 16.7 Å². The Kier molecular flexibility index (Phi) is 2.20. The first-order valence-corrected chi connectivity index (χ1v) is 4.90. The number of aryl methyl sites for hydroxylation is 2. The lowest BCUT2D eigenvalue weighted by Gasteiger charge is -1.98. The van der Waals surface area contributed by atoms with E-state index >= 15 is 0 Å². The third kappa shape index (κ3) is 1.49. The highest BCUT2D eigenvalue weighted by Crippen LogP contribution is 2.29. The predicted molar refractivity (Wildman–Crippen MR) is 59.7 cm³/mol. The fourth-order valence-electron chi connectivity index (χ4n) is 1.64. The van der Waals surface area contributed by atoms with Gasteiger partial charge in [-0.2, -0.15) is 0 Å². The van der Waals surface area contributed by atoms with E-state index in [1.54, 1.807) is 6.07 Å². The van der Waals surface area contributed by atoms with Gasteiger partial charge in [0.05, 0.1) is 16.1 Å². The van der Waals surface area contributed by atoms with E-state index in [0.717, 1.165) is 22.2 Å². The molecule has 0 aliphatic rings. The van der Waals surface area contributed by atoms with Crippen LogP contribution >= 0.6 is 11.6 Å². The summed E-state index contributed by atoms with van der Waals surface area (Å²) >= 11 is 6.00. The number of halogens is 1. The van der Waals surface area contributed by atoms with Gasteiger partial charge in [-0.1, -0.05) is 11.6 Å². The molecule has 0 radical (unpaired) electrons. The second-order valence-electron chi connectivity index (χ2n) is 3.56. The number of aromatic amines is 1. The van der Waals surface area contributed by atoms with Gasteiger partial charge in [0.2, 0.25) is 0 Å². The summed E-state index contributed by atoms with van der Waals surface area (Å²) in [6, 6.07) is 3.10. The number of carbonyl (C=O) groups is 1. The fourth-order valence-corrected chi connectivity index (χ4v) is 1.90. The Hall–Kier alpha value is -1.48. The molecule has 15 heavy (non-hydrogen) atoms. The van der Waals surface area contributed by atoms with Crippen LogP contribution < -0.4 is 0 Å². The second-order valence-corrected chi connectivity index (χ2v) is 3.97. The molecule has 0 unspecified atom stereocenters. The third-order valence-electron chi connectivity index (χ3n) is 2.62. The maximum Gasteiger partial charge on any atom is 0.335 e. The number of hydrogen-bond acceptors (Lipinski definition) is 1. The van der Waals surface area contributed by atoms with Gasteiger partial charge in [-0.05, 0) is 31.5 Å². The highest BCUT2D eigenvalue weighted by molar-refractivity contribution is 6.35. The molecule has 0 amide bonds. The molecule has 78 valence electrons. The van der Waals surface area contributed by atoms with E-state index in [-0.39, 0.29) is 5.56 Å². The average molecular weight is 224 g/mol. The molecule has 0 aliphatic heterocycles. The van der Waals surface area contributed by atoms with Crippen LogP contribution in [0.4, 0.5) is 0 Å². The van der Waals surface area contributed by atoms with Crippen LogP contribution in [-0.2, 0) is 0 Å². The van der Waals surface area contributed by atoms with Crippen LogP contribution in [0.1, 0.15) is 21.6 Å². The van der Waals surface area contributed by atoms with Crippen molar-refractivity contribution in [3.8, 4) is 0 Å². The lowest BCUT2D eigenvalue weighted by Crippen LogP contribution is -1.95. The van der Waals surface area contributed by atoms with Crippen LogP contribution in [0.15, 0.2) is 12.1 Å². The molecule has 1 aromatic carbocycles.